The summed E-state index contributed by atoms with van der Waals surface area (Å²) in [6, 6.07) is 12.5. The van der Waals surface area contributed by atoms with Gasteiger partial charge in [-0.2, -0.15) is 0 Å². The molecule has 16 heavy (non-hydrogen) atoms. The molecule has 0 fully saturated rings. The third-order valence-corrected chi connectivity index (χ3v) is 3.59. The van der Waals surface area contributed by atoms with Gasteiger partial charge in [0.2, 0.25) is 0 Å². The van der Waals surface area contributed by atoms with E-state index in [9.17, 15) is 0 Å². The minimum absolute atomic E-state index is 0.321. The lowest BCUT2D eigenvalue weighted by molar-refractivity contribution is 0.433. The molecule has 0 radical (unpaired) electrons. The van der Waals surface area contributed by atoms with Crippen molar-refractivity contribution in [1.82, 2.24) is 4.98 Å². The molecule has 2 heteroatoms. The van der Waals surface area contributed by atoms with E-state index in [0.29, 0.717) is 0 Å². The Morgan fingerprint density at radius 2 is 1.94 bits per heavy atom. The molecule has 1 atom stereocenters. The fraction of sp³-hybridized carbons (Fsp3) is 0.286. The van der Waals surface area contributed by atoms with Gasteiger partial charge in [0.15, 0.2) is 0 Å². The zero-order valence-electron chi connectivity index (χ0n) is 9.24. The van der Waals surface area contributed by atoms with Crippen LogP contribution >= 0.6 is 0 Å². The molecule has 82 valence electrons. The SMILES string of the molecule is NC1(c2ccccc2)CCCc2cc[nH]c21. The minimum atomic E-state index is -0.321. The van der Waals surface area contributed by atoms with E-state index in [0.717, 1.165) is 19.3 Å². The van der Waals surface area contributed by atoms with E-state index in [1.165, 1.54) is 16.8 Å². The van der Waals surface area contributed by atoms with Crippen LogP contribution in [0.5, 0.6) is 0 Å². The molecule has 3 N–H and O–H groups in total. The molecule has 2 nitrogen and oxygen atoms in total. The molecular formula is C14H16N2. The largest absolute Gasteiger partial charge is 0.363 e. The summed E-state index contributed by atoms with van der Waals surface area (Å²) in [4.78, 5) is 3.32. The summed E-state index contributed by atoms with van der Waals surface area (Å²) in [6.07, 6.45) is 5.33. The smallest absolute Gasteiger partial charge is 0.0819 e. The highest BCUT2D eigenvalue weighted by atomic mass is 14.9. The number of benzene rings is 1. The Bertz CT molecular complexity index is 486. The second-order valence-electron chi connectivity index (χ2n) is 4.57. The zero-order chi connectivity index (χ0) is 11.0. The Morgan fingerprint density at radius 3 is 2.75 bits per heavy atom. The van der Waals surface area contributed by atoms with Crippen molar-refractivity contribution in [3.05, 3.63) is 59.4 Å². The predicted octanol–water partition coefficient (Wildman–Crippen LogP) is 2.55. The predicted molar refractivity (Wildman–Crippen MR) is 65.1 cm³/mol. The third kappa shape index (κ3) is 1.30. The summed E-state index contributed by atoms with van der Waals surface area (Å²) in [5.74, 6) is 0. The van der Waals surface area contributed by atoms with Crippen LogP contribution in [0.4, 0.5) is 0 Å². The quantitative estimate of drug-likeness (QED) is 0.749. The highest BCUT2D eigenvalue weighted by Crippen LogP contribution is 2.37. The van der Waals surface area contributed by atoms with Crippen molar-refractivity contribution in [2.24, 2.45) is 5.73 Å². The number of aromatic amines is 1. The fourth-order valence-corrected chi connectivity index (χ4v) is 2.73. The van der Waals surface area contributed by atoms with Crippen LogP contribution in [0.2, 0.25) is 0 Å². The number of rotatable bonds is 1. The standard InChI is InChI=1S/C14H16N2/c15-14(12-6-2-1-3-7-12)9-4-5-11-8-10-16-13(11)14/h1-3,6-8,10,16H,4-5,9,15H2. The Morgan fingerprint density at radius 1 is 1.12 bits per heavy atom. The number of aromatic nitrogens is 1. The van der Waals surface area contributed by atoms with E-state index >= 15 is 0 Å². The first-order chi connectivity index (χ1) is 7.81. The van der Waals surface area contributed by atoms with Crippen LogP contribution in [0.3, 0.4) is 0 Å². The summed E-state index contributed by atoms with van der Waals surface area (Å²) >= 11 is 0. The van der Waals surface area contributed by atoms with Gasteiger partial charge in [0.1, 0.15) is 0 Å². The van der Waals surface area contributed by atoms with Crippen molar-refractivity contribution in [2.75, 3.05) is 0 Å². The highest BCUT2D eigenvalue weighted by molar-refractivity contribution is 5.40. The number of nitrogens with one attached hydrogen (secondary N) is 1. The molecule has 3 rings (SSSR count). The van der Waals surface area contributed by atoms with Gasteiger partial charge in [-0.15, -0.1) is 0 Å². The van der Waals surface area contributed by atoms with Crippen LogP contribution in [0.15, 0.2) is 42.6 Å². The molecule has 0 bridgehead atoms. The molecule has 2 aromatic rings. The molecule has 1 aromatic heterocycles. The van der Waals surface area contributed by atoms with Gasteiger partial charge in [0.05, 0.1) is 5.54 Å². The minimum Gasteiger partial charge on any atom is -0.363 e. The molecule has 0 amide bonds. The van der Waals surface area contributed by atoms with E-state index < -0.39 is 0 Å². The van der Waals surface area contributed by atoms with Crippen molar-refractivity contribution in [3.8, 4) is 0 Å². The number of hydrogen-bond acceptors (Lipinski definition) is 1. The Kier molecular flexibility index (Phi) is 2.11. The molecule has 1 aromatic carbocycles. The number of H-pyrrole nitrogens is 1. The molecule has 1 aliphatic carbocycles. The average Bonchev–Trinajstić information content (AvgIpc) is 2.80. The first kappa shape index (κ1) is 9.67. The van der Waals surface area contributed by atoms with Gasteiger partial charge in [-0.3, -0.25) is 0 Å². The molecule has 0 saturated carbocycles. The van der Waals surface area contributed by atoms with Crippen molar-refractivity contribution in [1.29, 1.82) is 0 Å². The van der Waals surface area contributed by atoms with Gasteiger partial charge >= 0.3 is 0 Å². The van der Waals surface area contributed by atoms with Gasteiger partial charge in [-0.05, 0) is 36.5 Å². The number of aryl methyl sites for hydroxylation is 1. The topological polar surface area (TPSA) is 41.8 Å². The van der Waals surface area contributed by atoms with Crippen molar-refractivity contribution >= 4 is 0 Å². The molecular weight excluding hydrogens is 196 g/mol. The number of hydrogen-bond donors (Lipinski definition) is 2. The van der Waals surface area contributed by atoms with Gasteiger partial charge in [0.25, 0.3) is 0 Å². The van der Waals surface area contributed by atoms with Gasteiger partial charge in [0, 0.05) is 11.9 Å². The molecule has 0 aliphatic heterocycles. The lowest BCUT2D eigenvalue weighted by atomic mass is 9.77. The summed E-state index contributed by atoms with van der Waals surface area (Å²) in [6.45, 7) is 0. The lowest BCUT2D eigenvalue weighted by Crippen LogP contribution is -2.41. The first-order valence-corrected chi connectivity index (χ1v) is 5.82. The van der Waals surface area contributed by atoms with Gasteiger partial charge < -0.3 is 10.7 Å². The maximum atomic E-state index is 6.61. The number of fused-ring (bicyclic) bond motifs is 1. The third-order valence-electron chi connectivity index (χ3n) is 3.59. The summed E-state index contributed by atoms with van der Waals surface area (Å²) in [7, 11) is 0. The summed E-state index contributed by atoms with van der Waals surface area (Å²) in [5, 5.41) is 0. The van der Waals surface area contributed by atoms with Crippen LogP contribution in [0, 0.1) is 0 Å². The zero-order valence-corrected chi connectivity index (χ0v) is 9.24. The second kappa shape index (κ2) is 3.49. The van der Waals surface area contributed by atoms with Crippen LogP contribution in [-0.2, 0) is 12.0 Å². The Labute approximate surface area is 95.5 Å². The second-order valence-corrected chi connectivity index (χ2v) is 4.57. The fourth-order valence-electron chi connectivity index (χ4n) is 2.73. The monoisotopic (exact) mass is 212 g/mol. The summed E-state index contributed by atoms with van der Waals surface area (Å²) < 4.78 is 0. The normalized spacial score (nSPS) is 24.1. The highest BCUT2D eigenvalue weighted by Gasteiger charge is 2.35. The molecule has 0 saturated heterocycles. The first-order valence-electron chi connectivity index (χ1n) is 5.82. The van der Waals surface area contributed by atoms with Gasteiger partial charge in [-0.1, -0.05) is 30.3 Å². The molecule has 0 spiro atoms. The molecule has 1 aliphatic rings. The van der Waals surface area contributed by atoms with E-state index in [4.69, 9.17) is 5.73 Å². The van der Waals surface area contributed by atoms with Crippen LogP contribution in [-0.4, -0.2) is 4.98 Å². The maximum Gasteiger partial charge on any atom is 0.0819 e. The van der Waals surface area contributed by atoms with Crippen LogP contribution in [0.1, 0.15) is 29.7 Å². The van der Waals surface area contributed by atoms with Crippen LogP contribution in [0.25, 0.3) is 0 Å². The van der Waals surface area contributed by atoms with Gasteiger partial charge in [-0.25, -0.2) is 0 Å². The Balaban J connectivity index is 2.14. The van der Waals surface area contributed by atoms with E-state index in [1.54, 1.807) is 0 Å². The summed E-state index contributed by atoms with van der Waals surface area (Å²) in [5.41, 5.74) is 10.1. The van der Waals surface area contributed by atoms with E-state index in [2.05, 4.69) is 35.3 Å². The Hall–Kier alpha value is -1.54. The molecule has 1 heterocycles. The van der Waals surface area contributed by atoms with Crippen molar-refractivity contribution in [2.45, 2.75) is 24.8 Å². The van der Waals surface area contributed by atoms with Crippen LogP contribution < -0.4 is 5.73 Å². The van der Waals surface area contributed by atoms with Crippen molar-refractivity contribution in [3.63, 3.8) is 0 Å². The van der Waals surface area contributed by atoms with E-state index in [-0.39, 0.29) is 5.54 Å². The van der Waals surface area contributed by atoms with Crippen molar-refractivity contribution < 1.29 is 0 Å². The van der Waals surface area contributed by atoms with E-state index in [1.807, 2.05) is 12.3 Å². The maximum absolute atomic E-state index is 6.61. The molecule has 1 unspecified atom stereocenters. The number of nitrogens with two attached hydrogens (primary N) is 1. The lowest BCUT2D eigenvalue weighted by Gasteiger charge is -2.34. The average molecular weight is 212 g/mol.